The molecule has 0 saturated heterocycles. The van der Waals surface area contributed by atoms with Crippen molar-refractivity contribution in [2.75, 3.05) is 6.61 Å². The van der Waals surface area contributed by atoms with Crippen LogP contribution in [-0.2, 0) is 9.53 Å². The Morgan fingerprint density at radius 1 is 1.31 bits per heavy atom. The second-order valence-electron chi connectivity index (χ2n) is 5.61. The molecule has 0 aromatic heterocycles. The summed E-state index contributed by atoms with van der Waals surface area (Å²) in [6, 6.07) is 0. The monoisotopic (exact) mass is 226 g/mol. The maximum Gasteiger partial charge on any atom is 0.313 e. The van der Waals surface area contributed by atoms with Crippen molar-refractivity contribution < 1.29 is 9.53 Å². The molecule has 2 nitrogen and oxygen atoms in total. The number of hydrogen-bond donors (Lipinski definition) is 0. The summed E-state index contributed by atoms with van der Waals surface area (Å²) in [5.74, 6) is -0.239. The van der Waals surface area contributed by atoms with E-state index < -0.39 is 0 Å². The third-order valence-corrected chi connectivity index (χ3v) is 2.43. The van der Waals surface area contributed by atoms with Crippen molar-refractivity contribution in [1.82, 2.24) is 0 Å². The van der Waals surface area contributed by atoms with E-state index in [9.17, 15) is 4.79 Å². The summed E-state index contributed by atoms with van der Waals surface area (Å²) < 4.78 is 5.29. The molecule has 0 fully saturated rings. The van der Waals surface area contributed by atoms with E-state index >= 15 is 0 Å². The smallest absolute Gasteiger partial charge is 0.313 e. The van der Waals surface area contributed by atoms with Crippen molar-refractivity contribution in [3.63, 3.8) is 0 Å². The lowest BCUT2D eigenvalue weighted by molar-refractivity contribution is -0.150. The van der Waals surface area contributed by atoms with E-state index in [4.69, 9.17) is 4.74 Å². The molecule has 0 saturated carbocycles. The molecular weight excluding hydrogens is 200 g/mol. The number of esters is 1. The van der Waals surface area contributed by atoms with Crippen LogP contribution in [0.4, 0.5) is 0 Å². The number of allylic oxidation sites excluding steroid dienone is 1. The average Bonchev–Trinajstić information content (AvgIpc) is 2.12. The zero-order valence-electron chi connectivity index (χ0n) is 11.6. The zero-order valence-corrected chi connectivity index (χ0v) is 11.6. The van der Waals surface area contributed by atoms with Crippen LogP contribution in [0, 0.1) is 11.3 Å². The van der Waals surface area contributed by atoms with Gasteiger partial charge in [0, 0.05) is 0 Å². The SMILES string of the molecule is CCCCOC(=O)C(C=C(C)C)C(C)(C)C. The average molecular weight is 226 g/mol. The second kappa shape index (κ2) is 6.72. The molecular formula is C14H26O2. The largest absolute Gasteiger partial charge is 0.465 e. The Morgan fingerprint density at radius 2 is 1.88 bits per heavy atom. The quantitative estimate of drug-likeness (QED) is 0.403. The first-order chi connectivity index (χ1) is 7.29. The van der Waals surface area contributed by atoms with Crippen molar-refractivity contribution in [1.29, 1.82) is 0 Å². The first-order valence-electron chi connectivity index (χ1n) is 6.10. The summed E-state index contributed by atoms with van der Waals surface area (Å²) in [6.45, 7) is 12.9. The number of unbranched alkanes of at least 4 members (excludes halogenated alkanes) is 1. The minimum Gasteiger partial charge on any atom is -0.465 e. The van der Waals surface area contributed by atoms with Crippen LogP contribution in [0.25, 0.3) is 0 Å². The lowest BCUT2D eigenvalue weighted by Gasteiger charge is -2.26. The fourth-order valence-electron chi connectivity index (χ4n) is 1.41. The van der Waals surface area contributed by atoms with Crippen LogP contribution < -0.4 is 0 Å². The molecule has 1 unspecified atom stereocenters. The first-order valence-corrected chi connectivity index (χ1v) is 6.10. The van der Waals surface area contributed by atoms with Crippen LogP contribution in [0.1, 0.15) is 54.4 Å². The Balaban J connectivity index is 4.53. The minimum absolute atomic E-state index is 0.0828. The molecule has 0 bridgehead atoms. The molecule has 0 aromatic rings. The summed E-state index contributed by atoms with van der Waals surface area (Å²) >= 11 is 0. The molecule has 94 valence electrons. The molecule has 0 aliphatic heterocycles. The van der Waals surface area contributed by atoms with E-state index in [0.717, 1.165) is 18.4 Å². The number of carbonyl (C=O) groups is 1. The number of rotatable bonds is 5. The van der Waals surface area contributed by atoms with Crippen molar-refractivity contribution in [2.24, 2.45) is 11.3 Å². The molecule has 0 spiro atoms. The Kier molecular flexibility index (Phi) is 6.39. The fourth-order valence-corrected chi connectivity index (χ4v) is 1.41. The van der Waals surface area contributed by atoms with Gasteiger partial charge in [-0.25, -0.2) is 0 Å². The molecule has 0 aliphatic carbocycles. The number of carbonyl (C=O) groups excluding carboxylic acids is 1. The van der Waals surface area contributed by atoms with Crippen molar-refractivity contribution in [3.05, 3.63) is 11.6 Å². The minimum atomic E-state index is -0.144. The van der Waals surface area contributed by atoms with Crippen molar-refractivity contribution >= 4 is 5.97 Å². The third-order valence-electron chi connectivity index (χ3n) is 2.43. The predicted octanol–water partition coefficient (Wildman–Crippen LogP) is 3.96. The lowest BCUT2D eigenvalue weighted by atomic mass is 9.80. The van der Waals surface area contributed by atoms with Crippen LogP contribution >= 0.6 is 0 Å². The lowest BCUT2D eigenvalue weighted by Crippen LogP contribution is -2.29. The van der Waals surface area contributed by atoms with Crippen LogP contribution in [0.2, 0.25) is 0 Å². The summed E-state index contributed by atoms with van der Waals surface area (Å²) in [5, 5.41) is 0. The highest BCUT2D eigenvalue weighted by molar-refractivity contribution is 5.75. The topological polar surface area (TPSA) is 26.3 Å². The van der Waals surface area contributed by atoms with Crippen molar-refractivity contribution in [3.8, 4) is 0 Å². The van der Waals surface area contributed by atoms with Gasteiger partial charge in [0.1, 0.15) is 0 Å². The highest BCUT2D eigenvalue weighted by atomic mass is 16.5. The molecule has 0 aromatic carbocycles. The summed E-state index contributed by atoms with van der Waals surface area (Å²) in [7, 11) is 0. The van der Waals surface area contributed by atoms with Gasteiger partial charge in [-0.2, -0.15) is 0 Å². The van der Waals surface area contributed by atoms with Crippen LogP contribution in [0.5, 0.6) is 0 Å². The van der Waals surface area contributed by atoms with E-state index in [1.54, 1.807) is 0 Å². The van der Waals surface area contributed by atoms with Crippen molar-refractivity contribution in [2.45, 2.75) is 54.4 Å². The summed E-state index contributed by atoms with van der Waals surface area (Å²) in [5.41, 5.74) is 1.08. The molecule has 0 amide bonds. The Morgan fingerprint density at radius 3 is 2.25 bits per heavy atom. The van der Waals surface area contributed by atoms with Gasteiger partial charge in [0.15, 0.2) is 0 Å². The van der Waals surface area contributed by atoms with Gasteiger partial charge in [-0.15, -0.1) is 0 Å². The maximum absolute atomic E-state index is 11.9. The Hall–Kier alpha value is -0.790. The Labute approximate surface area is 100 Å². The number of hydrogen-bond acceptors (Lipinski definition) is 2. The van der Waals surface area contributed by atoms with E-state index in [0.29, 0.717) is 6.61 Å². The van der Waals surface area contributed by atoms with Gasteiger partial charge in [0.2, 0.25) is 0 Å². The van der Waals surface area contributed by atoms with Crippen LogP contribution in [0.3, 0.4) is 0 Å². The third kappa shape index (κ3) is 5.94. The van der Waals surface area contributed by atoms with E-state index in [1.807, 2.05) is 19.9 Å². The van der Waals surface area contributed by atoms with Crippen LogP contribution in [-0.4, -0.2) is 12.6 Å². The molecule has 0 radical (unpaired) electrons. The van der Waals surface area contributed by atoms with Gasteiger partial charge in [-0.1, -0.05) is 45.8 Å². The van der Waals surface area contributed by atoms with E-state index in [1.165, 1.54) is 0 Å². The fraction of sp³-hybridized carbons (Fsp3) is 0.786. The highest BCUT2D eigenvalue weighted by Gasteiger charge is 2.30. The Bertz CT molecular complexity index is 242. The van der Waals surface area contributed by atoms with Gasteiger partial charge in [0.25, 0.3) is 0 Å². The molecule has 0 N–H and O–H groups in total. The summed E-state index contributed by atoms with van der Waals surface area (Å²) in [6.07, 6.45) is 4.00. The zero-order chi connectivity index (χ0) is 12.8. The van der Waals surface area contributed by atoms with Gasteiger partial charge in [-0.3, -0.25) is 4.79 Å². The van der Waals surface area contributed by atoms with E-state index in [2.05, 4.69) is 27.7 Å². The summed E-state index contributed by atoms with van der Waals surface area (Å²) in [4.78, 5) is 11.9. The van der Waals surface area contributed by atoms with Gasteiger partial charge < -0.3 is 4.74 Å². The molecule has 2 heteroatoms. The molecule has 16 heavy (non-hydrogen) atoms. The molecule has 0 heterocycles. The molecule has 0 aliphatic rings. The standard InChI is InChI=1S/C14H26O2/c1-7-8-9-16-13(15)12(10-11(2)3)14(4,5)6/h10,12H,7-9H2,1-6H3. The normalized spacial score (nSPS) is 13.1. The highest BCUT2D eigenvalue weighted by Crippen LogP contribution is 2.29. The van der Waals surface area contributed by atoms with E-state index in [-0.39, 0.29) is 17.3 Å². The molecule has 0 rings (SSSR count). The first kappa shape index (κ1) is 15.2. The molecule has 1 atom stereocenters. The second-order valence-corrected chi connectivity index (χ2v) is 5.61. The van der Waals surface area contributed by atoms with Gasteiger partial charge >= 0.3 is 5.97 Å². The number of ether oxygens (including phenoxy) is 1. The maximum atomic E-state index is 11.9. The van der Waals surface area contributed by atoms with Gasteiger partial charge in [0.05, 0.1) is 12.5 Å². The predicted molar refractivity (Wildman–Crippen MR) is 68.2 cm³/mol. The van der Waals surface area contributed by atoms with Gasteiger partial charge in [-0.05, 0) is 25.7 Å². The van der Waals surface area contributed by atoms with Crippen LogP contribution in [0.15, 0.2) is 11.6 Å².